The molecule has 0 unspecified atom stereocenters. The molecule has 0 aliphatic carbocycles. The summed E-state index contributed by atoms with van der Waals surface area (Å²) in [5.74, 6) is -0.360. The average molecular weight is 283 g/mol. The highest BCUT2D eigenvalue weighted by Crippen LogP contribution is 2.26. The smallest absolute Gasteiger partial charge is 0.164 e. The van der Waals surface area contributed by atoms with Crippen LogP contribution in [0.15, 0.2) is 48.5 Å². The quantitative estimate of drug-likeness (QED) is 0.794. The van der Waals surface area contributed by atoms with Gasteiger partial charge in [0, 0.05) is 30.8 Å². The topological polar surface area (TPSA) is 20.3 Å². The number of fused-ring (bicyclic) bond motifs is 1. The molecule has 0 fully saturated rings. The summed E-state index contributed by atoms with van der Waals surface area (Å²) >= 11 is 0. The van der Waals surface area contributed by atoms with Gasteiger partial charge in [0.1, 0.15) is 5.82 Å². The van der Waals surface area contributed by atoms with E-state index in [4.69, 9.17) is 0 Å². The molecule has 1 aliphatic heterocycles. The van der Waals surface area contributed by atoms with Crippen LogP contribution in [0.25, 0.3) is 0 Å². The first-order valence-corrected chi connectivity index (χ1v) is 7.35. The predicted octanol–water partition coefficient (Wildman–Crippen LogP) is 3.85. The van der Waals surface area contributed by atoms with Crippen molar-refractivity contribution in [2.24, 2.45) is 0 Å². The van der Waals surface area contributed by atoms with Gasteiger partial charge >= 0.3 is 0 Å². The van der Waals surface area contributed by atoms with E-state index in [9.17, 15) is 9.18 Å². The molecule has 3 rings (SSSR count). The van der Waals surface area contributed by atoms with Gasteiger partial charge in [-0.3, -0.25) is 4.79 Å². The summed E-state index contributed by atoms with van der Waals surface area (Å²) in [7, 11) is 0. The molecule has 0 saturated heterocycles. The molecule has 0 spiro atoms. The van der Waals surface area contributed by atoms with Crippen LogP contribution in [0.4, 0.5) is 10.1 Å². The third kappa shape index (κ3) is 3.13. The summed E-state index contributed by atoms with van der Waals surface area (Å²) in [5.41, 5.74) is 3.04. The second-order valence-electron chi connectivity index (χ2n) is 5.40. The molecule has 0 amide bonds. The second kappa shape index (κ2) is 6.08. The summed E-state index contributed by atoms with van der Waals surface area (Å²) in [5, 5.41) is 0. The van der Waals surface area contributed by atoms with Crippen LogP contribution < -0.4 is 4.90 Å². The van der Waals surface area contributed by atoms with Crippen molar-refractivity contribution in [2.75, 3.05) is 18.0 Å². The van der Waals surface area contributed by atoms with Crippen molar-refractivity contribution in [3.8, 4) is 0 Å². The second-order valence-corrected chi connectivity index (χ2v) is 5.40. The van der Waals surface area contributed by atoms with Gasteiger partial charge in [-0.05, 0) is 36.6 Å². The molecule has 2 aromatic rings. The zero-order chi connectivity index (χ0) is 14.7. The third-order valence-electron chi connectivity index (χ3n) is 3.96. The lowest BCUT2D eigenvalue weighted by Crippen LogP contribution is -2.31. The number of ketones is 1. The predicted molar refractivity (Wildman–Crippen MR) is 82.3 cm³/mol. The van der Waals surface area contributed by atoms with E-state index in [1.807, 2.05) is 6.07 Å². The number of halogens is 1. The Balaban J connectivity index is 1.67. The van der Waals surface area contributed by atoms with Gasteiger partial charge in [-0.15, -0.1) is 0 Å². The van der Waals surface area contributed by atoms with E-state index in [1.165, 1.54) is 23.4 Å². The first kappa shape index (κ1) is 13.8. The molecule has 3 heteroatoms. The Hall–Kier alpha value is -2.16. The van der Waals surface area contributed by atoms with Gasteiger partial charge in [-0.25, -0.2) is 4.39 Å². The number of Topliss-reactive ketones (excluding diaryl/α,β-unsaturated/α-hetero) is 1. The standard InChI is InChI=1S/C18H18FNO/c19-16-8-3-6-15(13-16)18(21)10-12-20-11-4-7-14-5-1-2-9-17(14)20/h1-3,5-6,8-9,13H,4,7,10-12H2. The average Bonchev–Trinajstić information content (AvgIpc) is 2.52. The summed E-state index contributed by atoms with van der Waals surface area (Å²) in [6, 6.07) is 14.3. The van der Waals surface area contributed by atoms with Crippen LogP contribution in [0, 0.1) is 5.82 Å². The van der Waals surface area contributed by atoms with Crippen molar-refractivity contribution in [1.82, 2.24) is 0 Å². The number of benzene rings is 2. The summed E-state index contributed by atoms with van der Waals surface area (Å²) < 4.78 is 13.2. The van der Waals surface area contributed by atoms with Crippen LogP contribution in [0.1, 0.15) is 28.8 Å². The molecule has 0 radical (unpaired) electrons. The maximum absolute atomic E-state index is 13.2. The summed E-state index contributed by atoms with van der Waals surface area (Å²) in [4.78, 5) is 14.4. The molecular weight excluding hydrogens is 265 g/mol. The molecule has 108 valence electrons. The Morgan fingerprint density at radius 2 is 2.00 bits per heavy atom. The molecular formula is C18H18FNO. The van der Waals surface area contributed by atoms with Crippen molar-refractivity contribution in [3.05, 3.63) is 65.5 Å². The Morgan fingerprint density at radius 3 is 2.86 bits per heavy atom. The van der Waals surface area contributed by atoms with Gasteiger partial charge in [0.05, 0.1) is 0 Å². The zero-order valence-electron chi connectivity index (χ0n) is 11.9. The van der Waals surface area contributed by atoms with E-state index >= 15 is 0 Å². The third-order valence-corrected chi connectivity index (χ3v) is 3.96. The van der Waals surface area contributed by atoms with Crippen molar-refractivity contribution in [1.29, 1.82) is 0 Å². The van der Waals surface area contributed by atoms with Crippen LogP contribution in [-0.4, -0.2) is 18.9 Å². The number of anilines is 1. The maximum Gasteiger partial charge on any atom is 0.164 e. The lowest BCUT2D eigenvalue weighted by atomic mass is 10.0. The number of carbonyl (C=O) groups is 1. The highest BCUT2D eigenvalue weighted by atomic mass is 19.1. The van der Waals surface area contributed by atoms with Crippen molar-refractivity contribution >= 4 is 11.5 Å². The van der Waals surface area contributed by atoms with Gasteiger partial charge in [0.25, 0.3) is 0 Å². The zero-order valence-corrected chi connectivity index (χ0v) is 11.9. The number of nitrogens with zero attached hydrogens (tertiary/aromatic N) is 1. The van der Waals surface area contributed by atoms with Gasteiger partial charge < -0.3 is 4.90 Å². The van der Waals surface area contributed by atoms with E-state index < -0.39 is 0 Å². The largest absolute Gasteiger partial charge is 0.371 e. The van der Waals surface area contributed by atoms with Gasteiger partial charge in [-0.2, -0.15) is 0 Å². The van der Waals surface area contributed by atoms with E-state index in [0.717, 1.165) is 19.4 Å². The highest BCUT2D eigenvalue weighted by molar-refractivity contribution is 5.96. The van der Waals surface area contributed by atoms with Crippen LogP contribution in [0.5, 0.6) is 0 Å². The fraction of sp³-hybridized carbons (Fsp3) is 0.278. The molecule has 0 bridgehead atoms. The molecule has 1 aliphatic rings. The number of hydrogen-bond acceptors (Lipinski definition) is 2. The molecule has 2 nitrogen and oxygen atoms in total. The minimum absolute atomic E-state index is 0.00226. The van der Waals surface area contributed by atoms with Gasteiger partial charge in [-0.1, -0.05) is 30.3 Å². The number of aryl methyl sites for hydroxylation is 1. The van der Waals surface area contributed by atoms with Crippen molar-refractivity contribution < 1.29 is 9.18 Å². The van der Waals surface area contributed by atoms with E-state index in [2.05, 4.69) is 23.1 Å². The maximum atomic E-state index is 13.2. The first-order chi connectivity index (χ1) is 10.2. The van der Waals surface area contributed by atoms with E-state index in [0.29, 0.717) is 18.5 Å². The normalized spacial score (nSPS) is 13.9. The van der Waals surface area contributed by atoms with Crippen molar-refractivity contribution in [3.63, 3.8) is 0 Å². The number of hydrogen-bond donors (Lipinski definition) is 0. The Morgan fingerprint density at radius 1 is 1.14 bits per heavy atom. The number of carbonyl (C=O) groups excluding carboxylic acids is 1. The van der Waals surface area contributed by atoms with Crippen LogP contribution in [-0.2, 0) is 6.42 Å². The molecule has 0 atom stereocenters. The van der Waals surface area contributed by atoms with E-state index in [-0.39, 0.29) is 11.6 Å². The molecule has 2 aromatic carbocycles. The fourth-order valence-electron chi connectivity index (χ4n) is 2.89. The summed E-state index contributed by atoms with van der Waals surface area (Å²) in [6.45, 7) is 1.67. The lowest BCUT2D eigenvalue weighted by molar-refractivity contribution is 0.0984. The van der Waals surface area contributed by atoms with Crippen LogP contribution >= 0.6 is 0 Å². The van der Waals surface area contributed by atoms with Crippen LogP contribution in [0.3, 0.4) is 0 Å². The Kier molecular flexibility index (Phi) is 4.00. The lowest BCUT2D eigenvalue weighted by Gasteiger charge is -2.31. The highest BCUT2D eigenvalue weighted by Gasteiger charge is 2.17. The summed E-state index contributed by atoms with van der Waals surface area (Å²) in [6.07, 6.45) is 2.63. The van der Waals surface area contributed by atoms with Crippen molar-refractivity contribution in [2.45, 2.75) is 19.3 Å². The molecule has 1 heterocycles. The number of para-hydroxylation sites is 1. The minimum Gasteiger partial charge on any atom is -0.371 e. The molecule has 0 N–H and O–H groups in total. The molecule has 0 aromatic heterocycles. The van der Waals surface area contributed by atoms with Gasteiger partial charge in [0.15, 0.2) is 5.78 Å². The fourth-order valence-corrected chi connectivity index (χ4v) is 2.89. The Bertz CT molecular complexity index is 653. The van der Waals surface area contributed by atoms with Crippen LogP contribution in [0.2, 0.25) is 0 Å². The van der Waals surface area contributed by atoms with E-state index in [1.54, 1.807) is 12.1 Å². The monoisotopic (exact) mass is 283 g/mol. The minimum atomic E-state index is -0.357. The molecule has 0 saturated carbocycles. The van der Waals surface area contributed by atoms with Gasteiger partial charge in [0.2, 0.25) is 0 Å². The molecule has 21 heavy (non-hydrogen) atoms. The number of rotatable bonds is 4. The Labute approximate surface area is 124 Å². The first-order valence-electron chi connectivity index (χ1n) is 7.35. The SMILES string of the molecule is O=C(CCN1CCCc2ccccc21)c1cccc(F)c1.